The van der Waals surface area contributed by atoms with Crippen LogP contribution in [0.3, 0.4) is 0 Å². The zero-order valence-corrected chi connectivity index (χ0v) is 12.1. The summed E-state index contributed by atoms with van der Waals surface area (Å²) < 4.78 is 1.82. The summed E-state index contributed by atoms with van der Waals surface area (Å²) >= 11 is 0. The number of aromatic nitrogens is 2. The van der Waals surface area contributed by atoms with E-state index in [1.165, 1.54) is 0 Å². The lowest BCUT2D eigenvalue weighted by atomic mass is 10.2. The smallest absolute Gasteiger partial charge is 0.244 e. The second kappa shape index (κ2) is 6.19. The number of nitrogens with one attached hydrogen (secondary N) is 1. The highest BCUT2D eigenvalue weighted by molar-refractivity contribution is 5.91. The fourth-order valence-corrected chi connectivity index (χ4v) is 2.03. The van der Waals surface area contributed by atoms with Gasteiger partial charge >= 0.3 is 0 Å². The Hall–Kier alpha value is -2.36. The van der Waals surface area contributed by atoms with E-state index in [4.69, 9.17) is 0 Å². The summed E-state index contributed by atoms with van der Waals surface area (Å²) in [7, 11) is 1.90. The average Bonchev–Trinajstić information content (AvgIpc) is 2.69. The fraction of sp³-hybridized carbons (Fsp3) is 0.250. The third kappa shape index (κ3) is 3.35. The predicted octanol–water partition coefficient (Wildman–Crippen LogP) is 2.37. The van der Waals surface area contributed by atoms with Gasteiger partial charge in [-0.3, -0.25) is 9.48 Å². The molecule has 0 radical (unpaired) electrons. The molecule has 0 atom stereocenters. The van der Waals surface area contributed by atoms with Crippen LogP contribution in [0.15, 0.2) is 36.4 Å². The van der Waals surface area contributed by atoms with E-state index in [1.807, 2.05) is 62.0 Å². The highest BCUT2D eigenvalue weighted by Gasteiger charge is 2.06. The number of hydrogen-bond acceptors (Lipinski definition) is 2. The van der Waals surface area contributed by atoms with Crippen molar-refractivity contribution < 1.29 is 4.79 Å². The Bertz CT molecular complexity index is 627. The number of carbonyl (C=O) groups is 1. The molecule has 0 saturated heterocycles. The Morgan fingerprint density at radius 2 is 2.00 bits per heavy atom. The van der Waals surface area contributed by atoms with Crippen molar-refractivity contribution in [2.75, 3.05) is 0 Å². The molecule has 0 fully saturated rings. The fourth-order valence-electron chi connectivity index (χ4n) is 2.03. The topological polar surface area (TPSA) is 46.9 Å². The molecule has 0 bridgehead atoms. The van der Waals surface area contributed by atoms with Crippen molar-refractivity contribution in [1.29, 1.82) is 0 Å². The van der Waals surface area contributed by atoms with Crippen LogP contribution in [0.1, 0.15) is 22.5 Å². The van der Waals surface area contributed by atoms with Crippen molar-refractivity contribution in [3.05, 3.63) is 58.9 Å². The van der Waals surface area contributed by atoms with E-state index in [2.05, 4.69) is 10.4 Å². The van der Waals surface area contributed by atoms with Crippen LogP contribution in [0, 0.1) is 13.8 Å². The van der Waals surface area contributed by atoms with Crippen LogP contribution in [0.5, 0.6) is 0 Å². The Morgan fingerprint density at radius 3 is 2.60 bits per heavy atom. The van der Waals surface area contributed by atoms with E-state index < -0.39 is 0 Å². The van der Waals surface area contributed by atoms with Crippen LogP contribution in [0.2, 0.25) is 0 Å². The van der Waals surface area contributed by atoms with Gasteiger partial charge in [-0.2, -0.15) is 5.10 Å². The summed E-state index contributed by atoms with van der Waals surface area (Å²) in [5.74, 6) is -0.100. The molecule has 20 heavy (non-hydrogen) atoms. The summed E-state index contributed by atoms with van der Waals surface area (Å²) in [5.41, 5.74) is 4.07. The number of aryl methyl sites for hydroxylation is 2. The zero-order valence-electron chi connectivity index (χ0n) is 12.1. The molecule has 2 rings (SSSR count). The number of hydrogen-bond donors (Lipinski definition) is 1. The molecule has 1 amide bonds. The minimum Gasteiger partial charge on any atom is -0.348 e. The summed E-state index contributed by atoms with van der Waals surface area (Å²) in [4.78, 5) is 11.8. The quantitative estimate of drug-likeness (QED) is 0.866. The first kappa shape index (κ1) is 14.1. The Balaban J connectivity index is 1.96. The minimum atomic E-state index is -0.100. The van der Waals surface area contributed by atoms with E-state index >= 15 is 0 Å². The van der Waals surface area contributed by atoms with Crippen LogP contribution < -0.4 is 5.32 Å². The van der Waals surface area contributed by atoms with Gasteiger partial charge in [-0.25, -0.2) is 0 Å². The van der Waals surface area contributed by atoms with Gasteiger partial charge in [0, 0.05) is 30.9 Å². The Labute approximate surface area is 119 Å². The minimum absolute atomic E-state index is 0.100. The molecule has 1 N–H and O–H groups in total. The molecule has 0 spiro atoms. The molecule has 4 heteroatoms. The van der Waals surface area contributed by atoms with Crippen molar-refractivity contribution in [1.82, 2.24) is 15.1 Å². The van der Waals surface area contributed by atoms with Gasteiger partial charge in [0.2, 0.25) is 5.91 Å². The second-order valence-corrected chi connectivity index (χ2v) is 4.74. The number of benzene rings is 1. The molecule has 2 aromatic rings. The molecule has 104 valence electrons. The van der Waals surface area contributed by atoms with E-state index in [9.17, 15) is 4.79 Å². The lowest BCUT2D eigenvalue weighted by Crippen LogP contribution is -2.20. The summed E-state index contributed by atoms with van der Waals surface area (Å²) in [5, 5.41) is 7.18. The van der Waals surface area contributed by atoms with Gasteiger partial charge in [-0.1, -0.05) is 30.3 Å². The maximum Gasteiger partial charge on any atom is 0.244 e. The van der Waals surface area contributed by atoms with Gasteiger partial charge in [0.1, 0.15) is 0 Å². The average molecular weight is 269 g/mol. The number of nitrogens with zero attached hydrogens (tertiary/aromatic N) is 2. The first-order valence-electron chi connectivity index (χ1n) is 6.58. The molecular formula is C16H19N3O. The largest absolute Gasteiger partial charge is 0.348 e. The predicted molar refractivity (Wildman–Crippen MR) is 80.0 cm³/mol. The molecule has 4 nitrogen and oxygen atoms in total. The van der Waals surface area contributed by atoms with Crippen molar-refractivity contribution in [3.8, 4) is 0 Å². The van der Waals surface area contributed by atoms with Gasteiger partial charge in [-0.15, -0.1) is 0 Å². The molecule has 0 saturated carbocycles. The maximum atomic E-state index is 11.8. The molecule has 0 aliphatic carbocycles. The summed E-state index contributed by atoms with van der Waals surface area (Å²) in [6.07, 6.45) is 3.37. The normalized spacial score (nSPS) is 10.9. The number of rotatable bonds is 4. The molecule has 1 aromatic heterocycles. The zero-order chi connectivity index (χ0) is 14.5. The molecule has 1 aromatic carbocycles. The Kier molecular flexibility index (Phi) is 4.35. The third-order valence-electron chi connectivity index (χ3n) is 3.28. The lowest BCUT2D eigenvalue weighted by molar-refractivity contribution is -0.116. The van der Waals surface area contributed by atoms with E-state index in [-0.39, 0.29) is 5.91 Å². The first-order valence-corrected chi connectivity index (χ1v) is 6.58. The van der Waals surface area contributed by atoms with E-state index in [1.54, 1.807) is 6.08 Å². The third-order valence-corrected chi connectivity index (χ3v) is 3.28. The lowest BCUT2D eigenvalue weighted by Gasteiger charge is -2.01. The van der Waals surface area contributed by atoms with Crippen LogP contribution in [-0.4, -0.2) is 15.7 Å². The van der Waals surface area contributed by atoms with Gasteiger partial charge in [0.15, 0.2) is 0 Å². The van der Waals surface area contributed by atoms with E-state index in [0.717, 1.165) is 22.5 Å². The van der Waals surface area contributed by atoms with Crippen molar-refractivity contribution >= 4 is 12.0 Å². The molecular weight excluding hydrogens is 250 g/mol. The van der Waals surface area contributed by atoms with Crippen LogP contribution in [0.25, 0.3) is 6.08 Å². The number of amides is 1. The van der Waals surface area contributed by atoms with Crippen LogP contribution >= 0.6 is 0 Å². The van der Waals surface area contributed by atoms with E-state index in [0.29, 0.717) is 6.54 Å². The molecule has 1 heterocycles. The molecule has 0 aliphatic heterocycles. The summed E-state index contributed by atoms with van der Waals surface area (Å²) in [6, 6.07) is 9.84. The SMILES string of the molecule is Cc1nn(C)c(C)c1/C=C/C(=O)NCc1ccccc1. The first-order chi connectivity index (χ1) is 9.58. The van der Waals surface area contributed by atoms with Gasteiger partial charge in [-0.05, 0) is 25.5 Å². The van der Waals surface area contributed by atoms with Crippen LogP contribution in [0.4, 0.5) is 0 Å². The maximum absolute atomic E-state index is 11.8. The summed E-state index contributed by atoms with van der Waals surface area (Å²) in [6.45, 7) is 4.46. The highest BCUT2D eigenvalue weighted by atomic mass is 16.1. The molecule has 0 aliphatic rings. The molecule has 0 unspecified atom stereocenters. The van der Waals surface area contributed by atoms with Gasteiger partial charge < -0.3 is 5.32 Å². The standard InChI is InChI=1S/C16H19N3O/c1-12-15(13(2)19(3)18-12)9-10-16(20)17-11-14-7-5-4-6-8-14/h4-10H,11H2,1-3H3,(H,17,20)/b10-9+. The highest BCUT2D eigenvalue weighted by Crippen LogP contribution is 2.13. The van der Waals surface area contributed by atoms with Gasteiger partial charge in [0.05, 0.1) is 5.69 Å². The Morgan fingerprint density at radius 1 is 1.30 bits per heavy atom. The van der Waals surface area contributed by atoms with Crippen molar-refractivity contribution in [2.24, 2.45) is 7.05 Å². The van der Waals surface area contributed by atoms with Gasteiger partial charge in [0.25, 0.3) is 0 Å². The van der Waals surface area contributed by atoms with Crippen molar-refractivity contribution in [3.63, 3.8) is 0 Å². The van der Waals surface area contributed by atoms with Crippen LogP contribution in [-0.2, 0) is 18.4 Å². The van der Waals surface area contributed by atoms with Crippen molar-refractivity contribution in [2.45, 2.75) is 20.4 Å². The second-order valence-electron chi connectivity index (χ2n) is 4.74. The number of carbonyl (C=O) groups excluding carboxylic acids is 1. The monoisotopic (exact) mass is 269 g/mol.